The minimum atomic E-state index is 0.397. The number of methoxy groups -OCH3 is 1. The molecule has 0 saturated carbocycles. The first-order valence-electron chi connectivity index (χ1n) is 5.06. The molecular weight excluding hydrogens is 220 g/mol. The van der Waals surface area contributed by atoms with Gasteiger partial charge in [-0.1, -0.05) is 0 Å². The molecule has 90 valence electrons. The Morgan fingerprint density at radius 3 is 2.88 bits per heavy atom. The molecule has 0 spiro atoms. The van der Waals surface area contributed by atoms with Gasteiger partial charge < -0.3 is 14.7 Å². The molecule has 0 radical (unpaired) electrons. The third-order valence-electron chi connectivity index (χ3n) is 2.24. The zero-order chi connectivity index (χ0) is 12.3. The van der Waals surface area contributed by atoms with Crippen molar-refractivity contribution in [1.29, 1.82) is 0 Å². The summed E-state index contributed by atoms with van der Waals surface area (Å²) in [6.07, 6.45) is 3.52. The first kappa shape index (κ1) is 11.5. The van der Waals surface area contributed by atoms with Crippen LogP contribution in [0.1, 0.15) is 5.69 Å². The van der Waals surface area contributed by atoms with E-state index in [4.69, 9.17) is 10.6 Å². The van der Waals surface area contributed by atoms with E-state index in [1.54, 1.807) is 19.4 Å². The van der Waals surface area contributed by atoms with E-state index in [-0.39, 0.29) is 0 Å². The second-order valence-corrected chi connectivity index (χ2v) is 3.51. The highest BCUT2D eigenvalue weighted by molar-refractivity contribution is 5.49. The van der Waals surface area contributed by atoms with Crippen molar-refractivity contribution in [3.63, 3.8) is 0 Å². The van der Waals surface area contributed by atoms with Gasteiger partial charge in [0.2, 0.25) is 0 Å². The number of ether oxygens (including phenoxy) is 1. The monoisotopic (exact) mass is 234 g/mol. The molecule has 0 amide bonds. The van der Waals surface area contributed by atoms with Crippen LogP contribution >= 0.6 is 0 Å². The summed E-state index contributed by atoms with van der Waals surface area (Å²) in [4.78, 5) is 12.8. The van der Waals surface area contributed by atoms with E-state index >= 15 is 0 Å². The van der Waals surface area contributed by atoms with Gasteiger partial charge in [-0.05, 0) is 0 Å². The lowest BCUT2D eigenvalue weighted by Gasteiger charge is -2.07. The van der Waals surface area contributed by atoms with Gasteiger partial charge in [0.15, 0.2) is 11.6 Å². The van der Waals surface area contributed by atoms with E-state index in [1.807, 2.05) is 17.8 Å². The normalized spacial score (nSPS) is 10.5. The number of imidazole rings is 1. The Balaban J connectivity index is 2.46. The van der Waals surface area contributed by atoms with Crippen molar-refractivity contribution in [3.8, 4) is 11.6 Å². The number of nitrogen functional groups attached to an aromatic ring is 1. The summed E-state index contributed by atoms with van der Waals surface area (Å²) in [7, 11) is 3.49. The summed E-state index contributed by atoms with van der Waals surface area (Å²) in [5.74, 6) is 7.09. The lowest BCUT2D eigenvalue weighted by atomic mass is 10.4. The highest BCUT2D eigenvalue weighted by Crippen LogP contribution is 2.15. The fourth-order valence-electron chi connectivity index (χ4n) is 1.47. The molecule has 7 nitrogen and oxygen atoms in total. The van der Waals surface area contributed by atoms with Crippen molar-refractivity contribution in [1.82, 2.24) is 19.5 Å². The minimum Gasteiger partial charge on any atom is -0.378 e. The van der Waals surface area contributed by atoms with Gasteiger partial charge in [-0.2, -0.15) is 0 Å². The first-order chi connectivity index (χ1) is 8.24. The van der Waals surface area contributed by atoms with Crippen LogP contribution < -0.4 is 11.3 Å². The van der Waals surface area contributed by atoms with Crippen molar-refractivity contribution in [2.45, 2.75) is 6.61 Å². The molecule has 0 fully saturated rings. The maximum atomic E-state index is 5.37. The van der Waals surface area contributed by atoms with Crippen LogP contribution in [0.2, 0.25) is 0 Å². The number of anilines is 1. The molecule has 2 heterocycles. The van der Waals surface area contributed by atoms with Gasteiger partial charge >= 0.3 is 0 Å². The number of hydrazine groups is 1. The molecule has 2 aromatic heterocycles. The standard InChI is InChI=1S/C10H14N6O/c1-16-4-3-12-10(16)9-13-7(6-17-2)5-8(14-9)15-11/h3-5H,6,11H2,1-2H3,(H,13,14,15). The van der Waals surface area contributed by atoms with Gasteiger partial charge in [0, 0.05) is 32.6 Å². The van der Waals surface area contributed by atoms with Crippen LogP contribution in [0.5, 0.6) is 0 Å². The average molecular weight is 234 g/mol. The second-order valence-electron chi connectivity index (χ2n) is 3.51. The number of rotatable bonds is 4. The molecule has 0 saturated heterocycles. The number of aryl methyl sites for hydroxylation is 1. The topological polar surface area (TPSA) is 90.9 Å². The van der Waals surface area contributed by atoms with E-state index in [9.17, 15) is 0 Å². The van der Waals surface area contributed by atoms with Crippen LogP contribution in [0.4, 0.5) is 5.82 Å². The average Bonchev–Trinajstić information content (AvgIpc) is 2.75. The van der Waals surface area contributed by atoms with E-state index < -0.39 is 0 Å². The smallest absolute Gasteiger partial charge is 0.198 e. The second kappa shape index (κ2) is 4.89. The Morgan fingerprint density at radius 1 is 1.47 bits per heavy atom. The van der Waals surface area contributed by atoms with Crippen molar-refractivity contribution in [2.24, 2.45) is 12.9 Å². The molecule has 0 atom stereocenters. The van der Waals surface area contributed by atoms with Gasteiger partial charge in [-0.25, -0.2) is 20.8 Å². The maximum absolute atomic E-state index is 5.37. The highest BCUT2D eigenvalue weighted by Gasteiger charge is 2.10. The van der Waals surface area contributed by atoms with Crippen LogP contribution in [0, 0.1) is 0 Å². The van der Waals surface area contributed by atoms with Gasteiger partial charge in [-0.3, -0.25) is 0 Å². The van der Waals surface area contributed by atoms with Crippen molar-refractivity contribution < 1.29 is 4.74 Å². The Labute approximate surface area is 98.6 Å². The number of nitrogens with one attached hydrogen (secondary N) is 1. The van der Waals surface area contributed by atoms with Gasteiger partial charge in [0.25, 0.3) is 0 Å². The van der Waals surface area contributed by atoms with Crippen LogP contribution in [-0.2, 0) is 18.4 Å². The molecule has 0 aliphatic carbocycles. The fourth-order valence-corrected chi connectivity index (χ4v) is 1.47. The largest absolute Gasteiger partial charge is 0.378 e. The molecular formula is C10H14N6O. The zero-order valence-corrected chi connectivity index (χ0v) is 9.71. The first-order valence-corrected chi connectivity index (χ1v) is 5.06. The molecule has 0 bridgehead atoms. The maximum Gasteiger partial charge on any atom is 0.198 e. The zero-order valence-electron chi connectivity index (χ0n) is 9.71. The number of nitrogens with zero attached hydrogens (tertiary/aromatic N) is 4. The molecule has 0 aromatic carbocycles. The van der Waals surface area contributed by atoms with Crippen LogP contribution in [-0.4, -0.2) is 26.6 Å². The summed E-state index contributed by atoms with van der Waals surface area (Å²) in [5.41, 5.74) is 3.25. The third-order valence-corrected chi connectivity index (χ3v) is 2.24. The van der Waals surface area contributed by atoms with Crippen LogP contribution in [0.15, 0.2) is 18.5 Å². The molecule has 17 heavy (non-hydrogen) atoms. The highest BCUT2D eigenvalue weighted by atomic mass is 16.5. The molecule has 7 heteroatoms. The minimum absolute atomic E-state index is 0.397. The molecule has 2 rings (SSSR count). The summed E-state index contributed by atoms with van der Waals surface area (Å²) in [6, 6.07) is 1.73. The third kappa shape index (κ3) is 2.40. The van der Waals surface area contributed by atoms with Crippen molar-refractivity contribution >= 4 is 5.82 Å². The lowest BCUT2D eigenvalue weighted by molar-refractivity contribution is 0.181. The Morgan fingerprint density at radius 2 is 2.29 bits per heavy atom. The predicted molar refractivity (Wildman–Crippen MR) is 62.8 cm³/mol. The summed E-state index contributed by atoms with van der Waals surface area (Å²) >= 11 is 0. The molecule has 2 aromatic rings. The van der Waals surface area contributed by atoms with E-state index in [0.717, 1.165) is 5.69 Å². The van der Waals surface area contributed by atoms with Crippen LogP contribution in [0.3, 0.4) is 0 Å². The number of aromatic nitrogens is 4. The molecule has 0 aliphatic rings. The Kier molecular flexibility index (Phi) is 3.31. The number of hydrogen-bond donors (Lipinski definition) is 2. The van der Waals surface area contributed by atoms with E-state index in [0.29, 0.717) is 24.1 Å². The molecule has 0 unspecified atom stereocenters. The predicted octanol–water partition coefficient (Wildman–Crippen LogP) is 0.309. The molecule has 3 N–H and O–H groups in total. The van der Waals surface area contributed by atoms with Crippen molar-refractivity contribution in [2.75, 3.05) is 12.5 Å². The summed E-state index contributed by atoms with van der Waals surface area (Å²) in [5, 5.41) is 0. The SMILES string of the molecule is COCc1cc(NN)nc(-c2nccn2C)n1. The van der Waals surface area contributed by atoms with E-state index in [1.165, 1.54) is 0 Å². The quantitative estimate of drug-likeness (QED) is 0.584. The van der Waals surface area contributed by atoms with Gasteiger partial charge in [0.1, 0.15) is 5.82 Å². The summed E-state index contributed by atoms with van der Waals surface area (Å²) < 4.78 is 6.88. The Hall–Kier alpha value is -1.99. The van der Waals surface area contributed by atoms with Crippen LogP contribution in [0.25, 0.3) is 11.6 Å². The van der Waals surface area contributed by atoms with Crippen molar-refractivity contribution in [3.05, 3.63) is 24.2 Å². The van der Waals surface area contributed by atoms with E-state index in [2.05, 4.69) is 20.4 Å². The summed E-state index contributed by atoms with van der Waals surface area (Å²) in [6.45, 7) is 0.397. The lowest BCUT2D eigenvalue weighted by Crippen LogP contribution is -2.11. The van der Waals surface area contributed by atoms with Gasteiger partial charge in [-0.15, -0.1) is 0 Å². The fraction of sp³-hybridized carbons (Fsp3) is 0.300. The number of nitrogens with two attached hydrogens (primary N) is 1. The van der Waals surface area contributed by atoms with Gasteiger partial charge in [0.05, 0.1) is 12.3 Å². The Bertz CT molecular complexity index is 509. The molecule has 0 aliphatic heterocycles. The number of hydrogen-bond acceptors (Lipinski definition) is 6.